The number of rotatable bonds is 3. The van der Waals surface area contributed by atoms with Crippen molar-refractivity contribution in [2.24, 2.45) is 0 Å². The summed E-state index contributed by atoms with van der Waals surface area (Å²) in [7, 11) is 0. The lowest BCUT2D eigenvalue weighted by Crippen LogP contribution is -2.56. The van der Waals surface area contributed by atoms with Gasteiger partial charge in [0.1, 0.15) is 11.1 Å². The molecule has 2 aromatic rings. The largest absolute Gasteiger partial charge is 0.470 e. The second kappa shape index (κ2) is 5.92. The molecular weight excluding hydrogens is 311 g/mol. The highest BCUT2D eigenvalue weighted by molar-refractivity contribution is 6.31. The predicted octanol–water partition coefficient (Wildman–Crippen LogP) is 3.29. The van der Waals surface area contributed by atoms with Crippen LogP contribution in [0.2, 0.25) is 10.0 Å². The molecule has 1 aliphatic rings. The van der Waals surface area contributed by atoms with E-state index in [1.54, 1.807) is 47.5 Å². The van der Waals surface area contributed by atoms with Crippen LogP contribution in [-0.4, -0.2) is 35.0 Å². The molecule has 1 aromatic heterocycles. The third kappa shape index (κ3) is 3.12. The van der Waals surface area contributed by atoms with Crippen LogP contribution in [0.1, 0.15) is 10.4 Å². The first-order valence-electron chi connectivity index (χ1n) is 6.45. The van der Waals surface area contributed by atoms with E-state index in [-0.39, 0.29) is 12.0 Å². The van der Waals surface area contributed by atoms with Crippen molar-refractivity contribution in [1.82, 2.24) is 9.88 Å². The lowest BCUT2D eigenvalue weighted by atomic mass is 10.1. The van der Waals surface area contributed by atoms with Crippen LogP contribution in [-0.2, 0) is 0 Å². The van der Waals surface area contributed by atoms with E-state index < -0.39 is 0 Å². The standard InChI is InChI=1S/C15H12Cl2N2O2/c16-11-5-3-10(4-6-11)15(20)19-8-12(9-19)21-14-13(17)2-1-7-18-14/h1-7,12H,8-9H2. The monoisotopic (exact) mass is 322 g/mol. The molecule has 2 heterocycles. The molecule has 3 rings (SSSR count). The second-order valence-electron chi connectivity index (χ2n) is 4.75. The Morgan fingerprint density at radius 3 is 2.57 bits per heavy atom. The summed E-state index contributed by atoms with van der Waals surface area (Å²) in [5.41, 5.74) is 0.619. The van der Waals surface area contributed by atoms with Gasteiger partial charge in [0.05, 0.1) is 13.1 Å². The third-order valence-corrected chi connectivity index (χ3v) is 3.77. The molecule has 0 saturated carbocycles. The number of hydrogen-bond acceptors (Lipinski definition) is 3. The maximum Gasteiger partial charge on any atom is 0.254 e. The van der Waals surface area contributed by atoms with Crippen LogP contribution in [0, 0.1) is 0 Å². The first-order valence-corrected chi connectivity index (χ1v) is 7.21. The van der Waals surface area contributed by atoms with Gasteiger partial charge in [0.15, 0.2) is 0 Å². The molecule has 0 spiro atoms. The van der Waals surface area contributed by atoms with Crippen molar-refractivity contribution in [2.45, 2.75) is 6.10 Å². The quantitative estimate of drug-likeness (QED) is 0.870. The van der Waals surface area contributed by atoms with Crippen LogP contribution in [0.25, 0.3) is 0 Å². The lowest BCUT2D eigenvalue weighted by Gasteiger charge is -2.38. The third-order valence-electron chi connectivity index (χ3n) is 3.23. The van der Waals surface area contributed by atoms with E-state index in [0.29, 0.717) is 34.6 Å². The first-order chi connectivity index (χ1) is 10.1. The predicted molar refractivity (Wildman–Crippen MR) is 81.0 cm³/mol. The van der Waals surface area contributed by atoms with Gasteiger partial charge in [0.25, 0.3) is 5.91 Å². The molecule has 1 saturated heterocycles. The Hall–Kier alpha value is -1.78. The smallest absolute Gasteiger partial charge is 0.254 e. The summed E-state index contributed by atoms with van der Waals surface area (Å²) < 4.78 is 5.66. The summed E-state index contributed by atoms with van der Waals surface area (Å²) in [6, 6.07) is 10.3. The van der Waals surface area contributed by atoms with E-state index in [9.17, 15) is 4.79 Å². The topological polar surface area (TPSA) is 42.4 Å². The molecule has 4 nitrogen and oxygen atoms in total. The Morgan fingerprint density at radius 2 is 1.90 bits per heavy atom. The van der Waals surface area contributed by atoms with Crippen molar-refractivity contribution >= 4 is 29.1 Å². The molecule has 0 N–H and O–H groups in total. The number of hydrogen-bond donors (Lipinski definition) is 0. The number of carbonyl (C=O) groups excluding carboxylic acids is 1. The molecule has 0 radical (unpaired) electrons. The van der Waals surface area contributed by atoms with Gasteiger partial charge in [0, 0.05) is 16.8 Å². The summed E-state index contributed by atoms with van der Waals surface area (Å²) in [5.74, 6) is 0.376. The van der Waals surface area contributed by atoms with Crippen molar-refractivity contribution in [2.75, 3.05) is 13.1 Å². The summed E-state index contributed by atoms with van der Waals surface area (Å²) in [5, 5.41) is 1.08. The average Bonchev–Trinajstić information content (AvgIpc) is 2.44. The van der Waals surface area contributed by atoms with Crippen LogP contribution in [0.3, 0.4) is 0 Å². The fraction of sp³-hybridized carbons (Fsp3) is 0.200. The molecule has 1 amide bonds. The molecular formula is C15H12Cl2N2O2. The summed E-state index contributed by atoms with van der Waals surface area (Å²) in [4.78, 5) is 18.0. The molecule has 108 valence electrons. The van der Waals surface area contributed by atoms with Gasteiger partial charge in [-0.15, -0.1) is 0 Å². The van der Waals surface area contributed by atoms with Gasteiger partial charge in [0.2, 0.25) is 5.88 Å². The molecule has 0 aliphatic carbocycles. The van der Waals surface area contributed by atoms with Crippen molar-refractivity contribution in [3.63, 3.8) is 0 Å². The summed E-state index contributed by atoms with van der Waals surface area (Å²) in [6.07, 6.45) is 1.55. The Kier molecular flexibility index (Phi) is 3.99. The van der Waals surface area contributed by atoms with E-state index in [2.05, 4.69) is 4.98 Å². The highest BCUT2D eigenvalue weighted by atomic mass is 35.5. The summed E-state index contributed by atoms with van der Waals surface area (Å²) >= 11 is 11.8. The number of likely N-dealkylation sites (tertiary alicyclic amines) is 1. The SMILES string of the molecule is O=C(c1ccc(Cl)cc1)N1CC(Oc2ncccc2Cl)C1. The van der Waals surface area contributed by atoms with Crippen molar-refractivity contribution in [3.05, 3.63) is 58.2 Å². The highest BCUT2D eigenvalue weighted by Crippen LogP contribution is 2.24. The van der Waals surface area contributed by atoms with E-state index in [0.717, 1.165) is 0 Å². The van der Waals surface area contributed by atoms with Gasteiger partial charge in [-0.3, -0.25) is 4.79 Å². The maximum absolute atomic E-state index is 12.2. The Morgan fingerprint density at radius 1 is 1.19 bits per heavy atom. The minimum absolute atomic E-state index is 0.0290. The van der Waals surface area contributed by atoms with Gasteiger partial charge >= 0.3 is 0 Å². The van der Waals surface area contributed by atoms with E-state index in [1.807, 2.05) is 0 Å². The molecule has 0 bridgehead atoms. The second-order valence-corrected chi connectivity index (χ2v) is 5.59. The Labute approximate surface area is 132 Å². The maximum atomic E-state index is 12.2. The fourth-order valence-electron chi connectivity index (χ4n) is 2.07. The highest BCUT2D eigenvalue weighted by Gasteiger charge is 2.33. The van der Waals surface area contributed by atoms with E-state index in [1.165, 1.54) is 0 Å². The molecule has 21 heavy (non-hydrogen) atoms. The van der Waals surface area contributed by atoms with Crippen LogP contribution in [0.5, 0.6) is 5.88 Å². The van der Waals surface area contributed by atoms with E-state index >= 15 is 0 Å². The normalized spacial score (nSPS) is 14.7. The average molecular weight is 323 g/mol. The van der Waals surface area contributed by atoms with Gasteiger partial charge in [-0.2, -0.15) is 0 Å². The zero-order valence-electron chi connectivity index (χ0n) is 11.0. The lowest BCUT2D eigenvalue weighted by molar-refractivity contribution is 0.0160. The fourth-order valence-corrected chi connectivity index (χ4v) is 2.36. The zero-order valence-corrected chi connectivity index (χ0v) is 12.5. The number of ether oxygens (including phenoxy) is 1. The minimum atomic E-state index is -0.0753. The Bertz CT molecular complexity index is 655. The molecule has 6 heteroatoms. The van der Waals surface area contributed by atoms with Crippen LogP contribution < -0.4 is 4.74 Å². The minimum Gasteiger partial charge on any atom is -0.470 e. The molecule has 1 fully saturated rings. The molecule has 0 unspecified atom stereocenters. The number of carbonyl (C=O) groups is 1. The molecule has 1 aliphatic heterocycles. The summed E-state index contributed by atoms with van der Waals surface area (Å²) in [6.45, 7) is 1.04. The number of halogens is 2. The number of amides is 1. The van der Waals surface area contributed by atoms with E-state index in [4.69, 9.17) is 27.9 Å². The van der Waals surface area contributed by atoms with Gasteiger partial charge in [-0.1, -0.05) is 23.2 Å². The number of pyridine rings is 1. The van der Waals surface area contributed by atoms with Crippen molar-refractivity contribution < 1.29 is 9.53 Å². The molecule has 1 aromatic carbocycles. The Balaban J connectivity index is 1.57. The zero-order chi connectivity index (χ0) is 14.8. The van der Waals surface area contributed by atoms with Gasteiger partial charge in [-0.25, -0.2) is 4.98 Å². The number of nitrogens with zero attached hydrogens (tertiary/aromatic N) is 2. The number of aromatic nitrogens is 1. The van der Waals surface area contributed by atoms with Crippen LogP contribution >= 0.6 is 23.2 Å². The van der Waals surface area contributed by atoms with Crippen molar-refractivity contribution in [1.29, 1.82) is 0 Å². The molecule has 0 atom stereocenters. The van der Waals surface area contributed by atoms with Crippen LogP contribution in [0.4, 0.5) is 0 Å². The van der Waals surface area contributed by atoms with Gasteiger partial charge in [-0.05, 0) is 36.4 Å². The first kappa shape index (κ1) is 14.2. The van der Waals surface area contributed by atoms with Crippen LogP contribution in [0.15, 0.2) is 42.6 Å². The number of benzene rings is 1. The van der Waals surface area contributed by atoms with Crippen molar-refractivity contribution in [3.8, 4) is 5.88 Å². The van der Waals surface area contributed by atoms with Gasteiger partial charge < -0.3 is 9.64 Å².